The molecule has 0 unspecified atom stereocenters. The van der Waals surface area contributed by atoms with E-state index in [0.717, 1.165) is 7.11 Å². The van der Waals surface area contributed by atoms with Crippen molar-refractivity contribution in [3.63, 3.8) is 0 Å². The molecule has 2 atom stereocenters. The van der Waals surface area contributed by atoms with E-state index in [1.165, 1.54) is 18.2 Å². The van der Waals surface area contributed by atoms with Gasteiger partial charge in [-0.25, -0.2) is 8.42 Å². The molecule has 0 fully saturated rings. The van der Waals surface area contributed by atoms with Crippen LogP contribution in [0, 0.1) is 0 Å². The van der Waals surface area contributed by atoms with E-state index in [4.69, 9.17) is 9.84 Å². The van der Waals surface area contributed by atoms with Crippen LogP contribution in [0.4, 0.5) is 5.69 Å². The third-order valence-electron chi connectivity index (χ3n) is 3.16. The van der Waals surface area contributed by atoms with Gasteiger partial charge in [-0.2, -0.15) is 4.72 Å². The summed E-state index contributed by atoms with van der Waals surface area (Å²) < 4.78 is 36.3. The number of methoxy groups -OCH3 is 1. The molecule has 2 rings (SSSR count). The SMILES string of the molecule is COC(=O)[C@H](CO)NS(=O)(=O)c1ccc2c(c1)NC(=O)[C@@H](C)O2. The fourth-order valence-electron chi connectivity index (χ4n) is 1.91. The van der Waals surface area contributed by atoms with Crippen molar-refractivity contribution >= 4 is 27.6 Å². The number of amides is 1. The number of esters is 1. The third-order valence-corrected chi connectivity index (χ3v) is 4.63. The number of ether oxygens (including phenoxy) is 2. The zero-order valence-electron chi connectivity index (χ0n) is 12.4. The van der Waals surface area contributed by atoms with Gasteiger partial charge in [-0.1, -0.05) is 0 Å². The molecule has 1 aromatic carbocycles. The Bertz CT molecular complexity index is 732. The normalized spacial score (nSPS) is 18.4. The van der Waals surface area contributed by atoms with Crippen LogP contribution in [0.1, 0.15) is 6.92 Å². The van der Waals surface area contributed by atoms with Crippen LogP contribution in [0.15, 0.2) is 23.1 Å². The Kier molecular flexibility index (Phi) is 4.88. The van der Waals surface area contributed by atoms with Crippen LogP contribution in [0.3, 0.4) is 0 Å². The summed E-state index contributed by atoms with van der Waals surface area (Å²) >= 11 is 0. The molecule has 126 valence electrons. The summed E-state index contributed by atoms with van der Waals surface area (Å²) in [5, 5.41) is 11.6. The van der Waals surface area contributed by atoms with Crippen molar-refractivity contribution in [1.82, 2.24) is 4.72 Å². The molecule has 0 aliphatic carbocycles. The van der Waals surface area contributed by atoms with E-state index in [9.17, 15) is 18.0 Å². The number of carbonyl (C=O) groups is 2. The minimum absolute atomic E-state index is 0.197. The minimum Gasteiger partial charge on any atom is -0.479 e. The van der Waals surface area contributed by atoms with Crippen molar-refractivity contribution < 1.29 is 32.6 Å². The summed E-state index contributed by atoms with van der Waals surface area (Å²) in [6, 6.07) is 2.43. The molecule has 23 heavy (non-hydrogen) atoms. The Morgan fingerprint density at radius 1 is 1.52 bits per heavy atom. The van der Waals surface area contributed by atoms with Gasteiger partial charge in [0.15, 0.2) is 6.10 Å². The van der Waals surface area contributed by atoms with Crippen LogP contribution in [-0.4, -0.2) is 51.3 Å². The summed E-state index contributed by atoms with van der Waals surface area (Å²) in [7, 11) is -3.03. The highest BCUT2D eigenvalue weighted by atomic mass is 32.2. The van der Waals surface area contributed by atoms with Crippen LogP contribution < -0.4 is 14.8 Å². The van der Waals surface area contributed by atoms with E-state index in [0.29, 0.717) is 5.75 Å². The topological polar surface area (TPSA) is 131 Å². The van der Waals surface area contributed by atoms with Crippen molar-refractivity contribution in [2.75, 3.05) is 19.0 Å². The second-order valence-corrected chi connectivity index (χ2v) is 6.50. The first kappa shape index (κ1) is 17.2. The predicted molar refractivity (Wildman–Crippen MR) is 78.4 cm³/mol. The number of fused-ring (bicyclic) bond motifs is 1. The van der Waals surface area contributed by atoms with Gasteiger partial charge in [0, 0.05) is 0 Å². The van der Waals surface area contributed by atoms with E-state index in [1.54, 1.807) is 6.92 Å². The van der Waals surface area contributed by atoms with Crippen LogP contribution in [0.5, 0.6) is 5.75 Å². The molecule has 0 spiro atoms. The van der Waals surface area contributed by atoms with Crippen LogP contribution in [0.25, 0.3) is 0 Å². The summed E-state index contributed by atoms with van der Waals surface area (Å²) in [4.78, 5) is 22.8. The van der Waals surface area contributed by atoms with E-state index in [-0.39, 0.29) is 10.6 Å². The molecule has 0 aromatic heterocycles. The van der Waals surface area contributed by atoms with Gasteiger partial charge < -0.3 is 19.9 Å². The molecule has 1 amide bonds. The van der Waals surface area contributed by atoms with Gasteiger partial charge in [-0.3, -0.25) is 9.59 Å². The van der Waals surface area contributed by atoms with Crippen molar-refractivity contribution in [2.45, 2.75) is 24.0 Å². The van der Waals surface area contributed by atoms with Gasteiger partial charge in [0.25, 0.3) is 5.91 Å². The molecule has 0 saturated heterocycles. The molecule has 0 saturated carbocycles. The number of nitrogens with one attached hydrogen (secondary N) is 2. The predicted octanol–water partition coefficient (Wildman–Crippen LogP) is -0.782. The van der Waals surface area contributed by atoms with Gasteiger partial charge in [0.05, 0.1) is 24.3 Å². The zero-order chi connectivity index (χ0) is 17.2. The van der Waals surface area contributed by atoms with E-state index in [2.05, 4.69) is 10.1 Å². The fraction of sp³-hybridized carbons (Fsp3) is 0.385. The molecule has 1 heterocycles. The number of sulfonamides is 1. The van der Waals surface area contributed by atoms with Gasteiger partial charge in [-0.15, -0.1) is 0 Å². The second-order valence-electron chi connectivity index (χ2n) is 4.79. The maximum absolute atomic E-state index is 12.3. The molecule has 9 nitrogen and oxygen atoms in total. The summed E-state index contributed by atoms with van der Waals surface area (Å²) in [6.07, 6.45) is -0.679. The van der Waals surface area contributed by atoms with E-state index in [1.807, 2.05) is 4.72 Å². The summed E-state index contributed by atoms with van der Waals surface area (Å²) in [5.41, 5.74) is 0.203. The van der Waals surface area contributed by atoms with Crippen molar-refractivity contribution in [2.24, 2.45) is 0 Å². The van der Waals surface area contributed by atoms with Gasteiger partial charge in [0.1, 0.15) is 11.8 Å². The number of aliphatic hydroxyl groups excluding tert-OH is 1. The fourth-order valence-corrected chi connectivity index (χ4v) is 3.11. The molecule has 1 aliphatic heterocycles. The lowest BCUT2D eigenvalue weighted by Gasteiger charge is -2.23. The Hall–Kier alpha value is -2.17. The number of aliphatic hydroxyl groups is 1. The molecule has 1 aromatic rings. The molecular formula is C13H16N2O7S. The van der Waals surface area contributed by atoms with Crippen LogP contribution in [0.2, 0.25) is 0 Å². The van der Waals surface area contributed by atoms with Gasteiger partial charge >= 0.3 is 5.97 Å². The maximum atomic E-state index is 12.3. The lowest BCUT2D eigenvalue weighted by Crippen LogP contribution is -2.44. The molecule has 1 aliphatic rings. The second kappa shape index (κ2) is 6.52. The summed E-state index contributed by atoms with van der Waals surface area (Å²) in [5.74, 6) is -0.981. The molecule has 0 radical (unpaired) electrons. The molecule has 10 heteroatoms. The molecule has 0 bridgehead atoms. The Balaban J connectivity index is 2.29. The van der Waals surface area contributed by atoms with E-state index < -0.39 is 40.7 Å². The van der Waals surface area contributed by atoms with Crippen molar-refractivity contribution in [3.05, 3.63) is 18.2 Å². The maximum Gasteiger partial charge on any atom is 0.326 e. The monoisotopic (exact) mass is 344 g/mol. The first-order valence-corrected chi connectivity index (χ1v) is 8.09. The zero-order valence-corrected chi connectivity index (χ0v) is 13.2. The molecular weight excluding hydrogens is 328 g/mol. The Morgan fingerprint density at radius 2 is 2.22 bits per heavy atom. The van der Waals surface area contributed by atoms with Crippen molar-refractivity contribution in [1.29, 1.82) is 0 Å². The highest BCUT2D eigenvalue weighted by Crippen LogP contribution is 2.31. The Labute approximate surface area is 132 Å². The quantitative estimate of drug-likeness (QED) is 0.597. The van der Waals surface area contributed by atoms with Crippen LogP contribution in [-0.2, 0) is 24.3 Å². The molecule has 3 N–H and O–H groups in total. The standard InChI is InChI=1S/C13H16N2O7S/c1-7-12(17)14-9-5-8(3-4-11(9)22-7)23(19,20)15-10(6-16)13(18)21-2/h3-5,7,10,15-16H,6H2,1-2H3,(H,14,17)/t7-,10+/m1/s1. The first-order chi connectivity index (χ1) is 10.8. The third kappa shape index (κ3) is 3.60. The number of anilines is 1. The average molecular weight is 344 g/mol. The first-order valence-electron chi connectivity index (χ1n) is 6.61. The highest BCUT2D eigenvalue weighted by Gasteiger charge is 2.28. The lowest BCUT2D eigenvalue weighted by molar-refractivity contribution is -0.143. The van der Waals surface area contributed by atoms with Gasteiger partial charge in [0.2, 0.25) is 10.0 Å². The number of hydrogen-bond donors (Lipinski definition) is 3. The number of rotatable bonds is 5. The number of hydrogen-bond acceptors (Lipinski definition) is 7. The van der Waals surface area contributed by atoms with E-state index >= 15 is 0 Å². The smallest absolute Gasteiger partial charge is 0.326 e. The summed E-state index contributed by atoms with van der Waals surface area (Å²) in [6.45, 7) is 0.806. The van der Waals surface area contributed by atoms with Crippen molar-refractivity contribution in [3.8, 4) is 5.75 Å². The van der Waals surface area contributed by atoms with Gasteiger partial charge in [-0.05, 0) is 25.1 Å². The Morgan fingerprint density at radius 3 is 2.83 bits per heavy atom. The highest BCUT2D eigenvalue weighted by molar-refractivity contribution is 7.89. The van der Waals surface area contributed by atoms with Crippen LogP contribution >= 0.6 is 0 Å². The largest absolute Gasteiger partial charge is 0.479 e. The number of benzene rings is 1. The average Bonchev–Trinajstić information content (AvgIpc) is 2.52. The number of carbonyl (C=O) groups excluding carboxylic acids is 2. The lowest BCUT2D eigenvalue weighted by atomic mass is 10.2. The minimum atomic E-state index is -4.11.